The monoisotopic (exact) mass is 414 g/mol. The van der Waals surface area contributed by atoms with Crippen LogP contribution in [0.2, 0.25) is 0 Å². The molecule has 6 nitrogen and oxygen atoms in total. The largest absolute Gasteiger partial charge is 0.497 e. The SMILES string of the molecule is COc1ccc(-c2ccc(N3CCC(C(=O)N4CCc5ccccc54)CC3)nn2)cc1. The lowest BCUT2D eigenvalue weighted by atomic mass is 9.95. The molecule has 2 aromatic carbocycles. The Bertz CT molecular complexity index is 1060. The summed E-state index contributed by atoms with van der Waals surface area (Å²) in [4.78, 5) is 17.3. The molecular weight excluding hydrogens is 388 g/mol. The summed E-state index contributed by atoms with van der Waals surface area (Å²) < 4.78 is 5.21. The van der Waals surface area contributed by atoms with Gasteiger partial charge in [-0.05, 0) is 67.3 Å². The zero-order valence-corrected chi connectivity index (χ0v) is 17.7. The molecule has 0 spiro atoms. The first kappa shape index (κ1) is 19.5. The standard InChI is InChI=1S/C25H26N4O2/c1-31-21-8-6-18(7-9-21)22-10-11-24(27-26-22)28-15-12-20(13-16-28)25(30)29-17-14-19-4-2-3-5-23(19)29/h2-11,20H,12-17H2,1H3. The van der Waals surface area contributed by atoms with Gasteiger partial charge in [0.1, 0.15) is 5.75 Å². The Balaban J connectivity index is 1.21. The second-order valence-electron chi connectivity index (χ2n) is 8.14. The van der Waals surface area contributed by atoms with Gasteiger partial charge in [-0.15, -0.1) is 10.2 Å². The summed E-state index contributed by atoms with van der Waals surface area (Å²) in [6.07, 6.45) is 2.65. The normalized spacial score (nSPS) is 16.3. The van der Waals surface area contributed by atoms with E-state index < -0.39 is 0 Å². The van der Waals surface area contributed by atoms with Gasteiger partial charge in [0.25, 0.3) is 0 Å². The molecule has 1 fully saturated rings. The number of carbonyl (C=O) groups excluding carboxylic acids is 1. The van der Waals surface area contributed by atoms with Crippen molar-refractivity contribution in [3.05, 3.63) is 66.2 Å². The van der Waals surface area contributed by atoms with Gasteiger partial charge in [0.05, 0.1) is 12.8 Å². The molecule has 1 aromatic heterocycles. The van der Waals surface area contributed by atoms with Crippen molar-refractivity contribution in [3.8, 4) is 17.0 Å². The van der Waals surface area contributed by atoms with Gasteiger partial charge in [0.2, 0.25) is 5.91 Å². The Kier molecular flexibility index (Phi) is 5.28. The number of carbonyl (C=O) groups is 1. The molecule has 2 aliphatic heterocycles. The number of methoxy groups -OCH3 is 1. The quantitative estimate of drug-likeness (QED) is 0.647. The first-order valence-corrected chi connectivity index (χ1v) is 10.9. The minimum absolute atomic E-state index is 0.0777. The minimum atomic E-state index is 0.0777. The lowest BCUT2D eigenvalue weighted by molar-refractivity contribution is -0.122. The summed E-state index contributed by atoms with van der Waals surface area (Å²) in [5.74, 6) is 2.04. The van der Waals surface area contributed by atoms with E-state index in [0.29, 0.717) is 0 Å². The van der Waals surface area contributed by atoms with Crippen LogP contribution >= 0.6 is 0 Å². The van der Waals surface area contributed by atoms with Crippen molar-refractivity contribution in [1.82, 2.24) is 10.2 Å². The highest BCUT2D eigenvalue weighted by Crippen LogP contribution is 2.31. The highest BCUT2D eigenvalue weighted by molar-refractivity contribution is 5.97. The van der Waals surface area contributed by atoms with Gasteiger partial charge in [-0.1, -0.05) is 18.2 Å². The smallest absolute Gasteiger partial charge is 0.230 e. The Labute approximate surface area is 182 Å². The molecule has 0 atom stereocenters. The Morgan fingerprint density at radius 2 is 1.71 bits per heavy atom. The number of fused-ring (bicyclic) bond motifs is 1. The molecule has 3 heterocycles. The first-order valence-electron chi connectivity index (χ1n) is 10.9. The second kappa shape index (κ2) is 8.38. The topological polar surface area (TPSA) is 58.6 Å². The van der Waals surface area contributed by atoms with Crippen LogP contribution < -0.4 is 14.5 Å². The summed E-state index contributed by atoms with van der Waals surface area (Å²) in [7, 11) is 1.66. The number of para-hydroxylation sites is 1. The molecule has 0 unspecified atom stereocenters. The number of anilines is 2. The number of piperidine rings is 1. The van der Waals surface area contributed by atoms with Crippen LogP contribution in [0, 0.1) is 5.92 Å². The molecule has 1 amide bonds. The third-order valence-corrected chi connectivity index (χ3v) is 6.36. The molecule has 6 heteroatoms. The van der Waals surface area contributed by atoms with Crippen molar-refractivity contribution >= 4 is 17.4 Å². The van der Waals surface area contributed by atoms with E-state index in [4.69, 9.17) is 4.74 Å². The highest BCUT2D eigenvalue weighted by Gasteiger charge is 2.32. The predicted molar refractivity (Wildman–Crippen MR) is 121 cm³/mol. The van der Waals surface area contributed by atoms with Crippen LogP contribution in [0.25, 0.3) is 11.3 Å². The van der Waals surface area contributed by atoms with E-state index in [2.05, 4.69) is 27.2 Å². The van der Waals surface area contributed by atoms with Crippen LogP contribution in [0.5, 0.6) is 5.75 Å². The average molecular weight is 415 g/mol. The molecule has 0 saturated carbocycles. The van der Waals surface area contributed by atoms with Crippen LogP contribution in [0.15, 0.2) is 60.7 Å². The van der Waals surface area contributed by atoms with Gasteiger partial charge in [0.15, 0.2) is 5.82 Å². The number of nitrogens with zero attached hydrogens (tertiary/aromatic N) is 4. The molecule has 2 aliphatic rings. The second-order valence-corrected chi connectivity index (χ2v) is 8.14. The van der Waals surface area contributed by atoms with Crippen LogP contribution in [-0.4, -0.2) is 42.8 Å². The van der Waals surface area contributed by atoms with Crippen LogP contribution in [0.4, 0.5) is 11.5 Å². The third kappa shape index (κ3) is 3.85. The van der Waals surface area contributed by atoms with Crippen molar-refractivity contribution in [1.29, 1.82) is 0 Å². The van der Waals surface area contributed by atoms with E-state index >= 15 is 0 Å². The van der Waals surface area contributed by atoms with Gasteiger partial charge >= 0.3 is 0 Å². The van der Waals surface area contributed by atoms with E-state index in [-0.39, 0.29) is 11.8 Å². The lowest BCUT2D eigenvalue weighted by Gasteiger charge is -2.33. The molecule has 3 aromatic rings. The van der Waals surface area contributed by atoms with Gasteiger partial charge in [-0.3, -0.25) is 4.79 Å². The number of benzene rings is 2. The predicted octanol–water partition coefficient (Wildman–Crippen LogP) is 3.96. The zero-order valence-electron chi connectivity index (χ0n) is 17.7. The summed E-state index contributed by atoms with van der Waals surface area (Å²) in [6, 6.07) is 20.1. The molecule has 0 N–H and O–H groups in total. The first-order chi connectivity index (χ1) is 15.2. The number of rotatable bonds is 4. The molecule has 1 saturated heterocycles. The van der Waals surface area contributed by atoms with E-state index in [1.165, 1.54) is 5.56 Å². The molecule has 158 valence electrons. The molecule has 31 heavy (non-hydrogen) atoms. The Morgan fingerprint density at radius 1 is 0.935 bits per heavy atom. The molecule has 0 aliphatic carbocycles. The van der Waals surface area contributed by atoms with Gasteiger partial charge in [-0.25, -0.2) is 0 Å². The summed E-state index contributed by atoms with van der Waals surface area (Å²) >= 11 is 0. The molecule has 0 bridgehead atoms. The minimum Gasteiger partial charge on any atom is -0.497 e. The number of hydrogen-bond acceptors (Lipinski definition) is 5. The van der Waals surface area contributed by atoms with Crippen molar-refractivity contribution < 1.29 is 9.53 Å². The van der Waals surface area contributed by atoms with Crippen LogP contribution in [0.1, 0.15) is 18.4 Å². The van der Waals surface area contributed by atoms with Crippen molar-refractivity contribution in [2.45, 2.75) is 19.3 Å². The van der Waals surface area contributed by atoms with Gasteiger partial charge < -0.3 is 14.5 Å². The Hall–Kier alpha value is -3.41. The maximum Gasteiger partial charge on any atom is 0.230 e. The third-order valence-electron chi connectivity index (χ3n) is 6.36. The zero-order chi connectivity index (χ0) is 21.2. The number of hydrogen-bond donors (Lipinski definition) is 0. The van der Waals surface area contributed by atoms with Crippen molar-refractivity contribution in [2.24, 2.45) is 5.92 Å². The van der Waals surface area contributed by atoms with Gasteiger partial charge in [-0.2, -0.15) is 0 Å². The molecule has 5 rings (SSSR count). The summed E-state index contributed by atoms with van der Waals surface area (Å²) in [5, 5.41) is 8.86. The highest BCUT2D eigenvalue weighted by atomic mass is 16.5. The number of ether oxygens (including phenoxy) is 1. The lowest BCUT2D eigenvalue weighted by Crippen LogP contribution is -2.42. The maximum atomic E-state index is 13.1. The maximum absolute atomic E-state index is 13.1. The van der Waals surface area contributed by atoms with Crippen molar-refractivity contribution in [3.63, 3.8) is 0 Å². The summed E-state index contributed by atoms with van der Waals surface area (Å²) in [6.45, 7) is 2.45. The van der Waals surface area contributed by atoms with E-state index in [1.807, 2.05) is 53.4 Å². The van der Waals surface area contributed by atoms with Crippen LogP contribution in [0.3, 0.4) is 0 Å². The van der Waals surface area contributed by atoms with E-state index in [9.17, 15) is 4.79 Å². The van der Waals surface area contributed by atoms with Crippen LogP contribution in [-0.2, 0) is 11.2 Å². The molecular formula is C25H26N4O2. The van der Waals surface area contributed by atoms with E-state index in [1.54, 1.807) is 7.11 Å². The van der Waals surface area contributed by atoms with Crippen molar-refractivity contribution in [2.75, 3.05) is 36.5 Å². The fourth-order valence-electron chi connectivity index (χ4n) is 4.55. The van der Waals surface area contributed by atoms with Gasteiger partial charge in [0, 0.05) is 36.8 Å². The number of aromatic nitrogens is 2. The summed E-state index contributed by atoms with van der Waals surface area (Å²) in [5.41, 5.74) is 4.22. The fourth-order valence-corrected chi connectivity index (χ4v) is 4.55. The molecule has 0 radical (unpaired) electrons. The fraction of sp³-hybridized carbons (Fsp3) is 0.320. The van der Waals surface area contributed by atoms with E-state index in [0.717, 1.165) is 67.4 Å². The Morgan fingerprint density at radius 3 is 2.42 bits per heavy atom. The number of amides is 1. The average Bonchev–Trinajstić information content (AvgIpc) is 3.28.